The Balaban J connectivity index is 2.13. The van der Waals surface area contributed by atoms with Crippen LogP contribution in [0.15, 0.2) is 54.9 Å². The van der Waals surface area contributed by atoms with Gasteiger partial charge in [0.25, 0.3) is 0 Å². The highest BCUT2D eigenvalue weighted by molar-refractivity contribution is 5.88. The number of para-hydroxylation sites is 1. The summed E-state index contributed by atoms with van der Waals surface area (Å²) >= 11 is 0. The van der Waals surface area contributed by atoms with Gasteiger partial charge in [0.15, 0.2) is 0 Å². The Morgan fingerprint density at radius 1 is 1.16 bits per heavy atom. The number of nitrogens with two attached hydrogens (primary N) is 1. The number of primary amides is 1. The minimum Gasteiger partial charge on any atom is -0.368 e. The van der Waals surface area contributed by atoms with Crippen molar-refractivity contribution in [2.75, 3.05) is 11.4 Å². The average Bonchev–Trinajstić information content (AvgIpc) is 2.60. The molecule has 25 heavy (non-hydrogen) atoms. The molecule has 0 unspecified atom stereocenters. The van der Waals surface area contributed by atoms with Gasteiger partial charge in [-0.25, -0.2) is 0 Å². The number of nitrogens with one attached hydrogen (secondary N) is 1. The second-order valence-electron chi connectivity index (χ2n) is 6.24. The normalized spacial score (nSPS) is 11.8. The maximum absolute atomic E-state index is 12.5. The van der Waals surface area contributed by atoms with Crippen molar-refractivity contribution in [3.63, 3.8) is 0 Å². The highest BCUT2D eigenvalue weighted by atomic mass is 16.2. The van der Waals surface area contributed by atoms with Gasteiger partial charge in [0.05, 0.1) is 6.54 Å². The van der Waals surface area contributed by atoms with Gasteiger partial charge >= 0.3 is 0 Å². The van der Waals surface area contributed by atoms with Crippen molar-refractivity contribution >= 4 is 17.5 Å². The number of nitrogens with zero attached hydrogens (tertiary/aromatic N) is 2. The molecule has 1 aromatic carbocycles. The number of anilines is 1. The molecule has 1 heterocycles. The van der Waals surface area contributed by atoms with Crippen LogP contribution in [0.3, 0.4) is 0 Å². The summed E-state index contributed by atoms with van der Waals surface area (Å²) in [5, 5.41) is 2.73. The maximum atomic E-state index is 12.5. The summed E-state index contributed by atoms with van der Waals surface area (Å²) in [4.78, 5) is 30.0. The van der Waals surface area contributed by atoms with Gasteiger partial charge in [-0.05, 0) is 29.7 Å². The maximum Gasteiger partial charge on any atom is 0.240 e. The highest BCUT2D eigenvalue weighted by Gasteiger charge is 2.22. The van der Waals surface area contributed by atoms with Gasteiger partial charge < -0.3 is 16.0 Å². The van der Waals surface area contributed by atoms with Crippen LogP contribution >= 0.6 is 0 Å². The number of aromatic nitrogens is 1. The molecule has 1 atom stereocenters. The molecule has 0 aliphatic heterocycles. The lowest BCUT2D eigenvalue weighted by Crippen LogP contribution is -2.50. The highest BCUT2D eigenvalue weighted by Crippen LogP contribution is 2.16. The van der Waals surface area contributed by atoms with Crippen LogP contribution < -0.4 is 16.0 Å². The second-order valence-corrected chi connectivity index (χ2v) is 6.24. The molecular weight excluding hydrogens is 316 g/mol. The summed E-state index contributed by atoms with van der Waals surface area (Å²) in [5.74, 6) is -0.836. The number of pyridine rings is 1. The van der Waals surface area contributed by atoms with Gasteiger partial charge in [0, 0.05) is 24.6 Å². The fourth-order valence-corrected chi connectivity index (χ4v) is 2.55. The Hall–Kier alpha value is -2.89. The third-order valence-corrected chi connectivity index (χ3v) is 3.84. The van der Waals surface area contributed by atoms with Gasteiger partial charge in [-0.1, -0.05) is 38.1 Å². The van der Waals surface area contributed by atoms with E-state index in [0.717, 1.165) is 11.3 Å². The van der Waals surface area contributed by atoms with Crippen molar-refractivity contribution in [2.45, 2.75) is 26.4 Å². The van der Waals surface area contributed by atoms with Crippen molar-refractivity contribution in [2.24, 2.45) is 11.7 Å². The molecule has 0 bridgehead atoms. The molecule has 1 aromatic heterocycles. The summed E-state index contributed by atoms with van der Waals surface area (Å²) in [6, 6.07) is 12.8. The first-order valence-electron chi connectivity index (χ1n) is 8.25. The minimum absolute atomic E-state index is 0.0649. The summed E-state index contributed by atoms with van der Waals surface area (Å²) in [6.07, 6.45) is 3.48. The lowest BCUT2D eigenvalue weighted by Gasteiger charge is -2.26. The first-order valence-corrected chi connectivity index (χ1v) is 8.25. The molecule has 0 saturated carbocycles. The first kappa shape index (κ1) is 18.4. The van der Waals surface area contributed by atoms with Gasteiger partial charge in [0.1, 0.15) is 6.04 Å². The van der Waals surface area contributed by atoms with E-state index >= 15 is 0 Å². The van der Waals surface area contributed by atoms with Crippen molar-refractivity contribution in [3.05, 3.63) is 60.4 Å². The van der Waals surface area contributed by atoms with Gasteiger partial charge in [0.2, 0.25) is 11.8 Å². The van der Waals surface area contributed by atoms with Crippen molar-refractivity contribution in [1.29, 1.82) is 0 Å². The predicted octanol–water partition coefficient (Wildman–Crippen LogP) is 1.71. The van der Waals surface area contributed by atoms with Crippen LogP contribution in [0, 0.1) is 5.92 Å². The Morgan fingerprint density at radius 2 is 1.88 bits per heavy atom. The summed E-state index contributed by atoms with van der Waals surface area (Å²) in [7, 11) is 0. The van der Waals surface area contributed by atoms with E-state index in [4.69, 9.17) is 5.73 Å². The van der Waals surface area contributed by atoms with E-state index in [-0.39, 0.29) is 18.4 Å². The van der Waals surface area contributed by atoms with Crippen LogP contribution in [-0.2, 0) is 16.1 Å². The molecule has 2 rings (SSSR count). The predicted molar refractivity (Wildman–Crippen MR) is 97.7 cm³/mol. The van der Waals surface area contributed by atoms with Crippen LogP contribution in [0.25, 0.3) is 0 Å². The van der Waals surface area contributed by atoms with Crippen LogP contribution in [0.4, 0.5) is 5.69 Å². The Morgan fingerprint density at radius 3 is 2.44 bits per heavy atom. The Bertz CT molecular complexity index is 689. The zero-order valence-corrected chi connectivity index (χ0v) is 14.6. The van der Waals surface area contributed by atoms with Gasteiger partial charge in [-0.15, -0.1) is 0 Å². The van der Waals surface area contributed by atoms with Crippen LogP contribution in [0.2, 0.25) is 0 Å². The third-order valence-electron chi connectivity index (χ3n) is 3.84. The zero-order valence-electron chi connectivity index (χ0n) is 14.6. The summed E-state index contributed by atoms with van der Waals surface area (Å²) in [5.41, 5.74) is 7.29. The Kier molecular flexibility index (Phi) is 6.51. The number of rotatable bonds is 8. The zero-order chi connectivity index (χ0) is 18.2. The number of carbonyl (C=O) groups excluding carboxylic acids is 2. The fourth-order valence-electron chi connectivity index (χ4n) is 2.55. The number of amides is 2. The third kappa shape index (κ3) is 5.60. The molecule has 6 heteroatoms. The molecule has 0 saturated heterocycles. The number of hydrogen-bond acceptors (Lipinski definition) is 4. The molecule has 6 nitrogen and oxygen atoms in total. The molecule has 2 aromatic rings. The lowest BCUT2D eigenvalue weighted by atomic mass is 10.0. The molecule has 3 N–H and O–H groups in total. The van der Waals surface area contributed by atoms with Crippen molar-refractivity contribution in [3.8, 4) is 0 Å². The fraction of sp³-hybridized carbons (Fsp3) is 0.316. The van der Waals surface area contributed by atoms with E-state index in [1.54, 1.807) is 12.4 Å². The molecule has 0 radical (unpaired) electrons. The van der Waals surface area contributed by atoms with E-state index in [1.807, 2.05) is 61.2 Å². The van der Waals surface area contributed by atoms with Crippen molar-refractivity contribution in [1.82, 2.24) is 10.3 Å². The number of carbonyl (C=O) groups is 2. The lowest BCUT2D eigenvalue weighted by molar-refractivity contribution is -0.127. The average molecular weight is 340 g/mol. The largest absolute Gasteiger partial charge is 0.368 e. The van der Waals surface area contributed by atoms with E-state index in [1.165, 1.54) is 0 Å². The number of hydrogen-bond donors (Lipinski definition) is 2. The summed E-state index contributed by atoms with van der Waals surface area (Å²) in [6.45, 7) is 4.35. The standard InChI is InChI=1S/C19H24N4O2/c1-14(2)18(19(20)25)22-17(24)13-23(16-8-4-3-5-9-16)12-15-7-6-10-21-11-15/h3-11,14,18H,12-13H2,1-2H3,(H2,20,25)(H,22,24)/t18-/m1/s1. The van der Waals surface area contributed by atoms with Crippen LogP contribution in [0.5, 0.6) is 0 Å². The topological polar surface area (TPSA) is 88.3 Å². The molecule has 0 fully saturated rings. The quantitative estimate of drug-likeness (QED) is 0.766. The van der Waals surface area contributed by atoms with Gasteiger partial charge in [-0.2, -0.15) is 0 Å². The summed E-state index contributed by atoms with van der Waals surface area (Å²) < 4.78 is 0. The van der Waals surface area contributed by atoms with Crippen molar-refractivity contribution < 1.29 is 9.59 Å². The molecule has 0 aliphatic carbocycles. The van der Waals surface area contributed by atoms with Crippen LogP contribution in [0.1, 0.15) is 19.4 Å². The second kappa shape index (κ2) is 8.82. The van der Waals surface area contributed by atoms with E-state index < -0.39 is 11.9 Å². The smallest absolute Gasteiger partial charge is 0.240 e. The SMILES string of the molecule is CC(C)[C@@H](NC(=O)CN(Cc1cccnc1)c1ccccc1)C(N)=O. The van der Waals surface area contributed by atoms with E-state index in [0.29, 0.717) is 6.54 Å². The molecule has 2 amide bonds. The number of benzene rings is 1. The molecule has 0 aliphatic rings. The molecule has 132 valence electrons. The molecular formula is C19H24N4O2. The van der Waals surface area contributed by atoms with E-state index in [9.17, 15) is 9.59 Å². The first-order chi connectivity index (χ1) is 12.0. The van der Waals surface area contributed by atoms with E-state index in [2.05, 4.69) is 10.3 Å². The Labute approximate surface area is 148 Å². The van der Waals surface area contributed by atoms with Crippen LogP contribution in [-0.4, -0.2) is 29.4 Å². The minimum atomic E-state index is -0.677. The molecule has 0 spiro atoms. The monoisotopic (exact) mass is 340 g/mol. The van der Waals surface area contributed by atoms with Gasteiger partial charge in [-0.3, -0.25) is 14.6 Å².